The smallest absolute Gasteiger partial charge is 0.323 e. The second-order valence-electron chi connectivity index (χ2n) is 5.78. The quantitative estimate of drug-likeness (QED) is 0.808. The van der Waals surface area contributed by atoms with Gasteiger partial charge in [0, 0.05) is 6.04 Å². The lowest BCUT2D eigenvalue weighted by atomic mass is 9.92. The van der Waals surface area contributed by atoms with Crippen molar-refractivity contribution < 1.29 is 19.4 Å². The van der Waals surface area contributed by atoms with Crippen molar-refractivity contribution in [2.45, 2.75) is 51.6 Å². The summed E-state index contributed by atoms with van der Waals surface area (Å²) >= 11 is 0. The van der Waals surface area contributed by atoms with E-state index >= 15 is 0 Å². The van der Waals surface area contributed by atoms with Crippen LogP contribution in [-0.4, -0.2) is 29.4 Å². The minimum absolute atomic E-state index is 0.169. The van der Waals surface area contributed by atoms with E-state index in [1.165, 1.54) is 0 Å². The maximum absolute atomic E-state index is 11.6. The van der Waals surface area contributed by atoms with Gasteiger partial charge in [-0.2, -0.15) is 0 Å². The van der Waals surface area contributed by atoms with Crippen LogP contribution in [0.4, 0.5) is 0 Å². The standard InChI is InChI=1S/C16H23NO4/c1-4-11(2)17-16(3,15(18)19)8-7-12-5-6-13-14(9-12)21-10-20-13/h5-6,9,11,17H,4,7-8,10H2,1-3H3,(H,18,19). The summed E-state index contributed by atoms with van der Waals surface area (Å²) in [6, 6.07) is 5.92. The van der Waals surface area contributed by atoms with E-state index in [4.69, 9.17) is 9.47 Å². The molecule has 0 fully saturated rings. The van der Waals surface area contributed by atoms with Gasteiger partial charge in [-0.05, 0) is 50.8 Å². The molecule has 116 valence electrons. The fourth-order valence-corrected chi connectivity index (χ4v) is 2.38. The van der Waals surface area contributed by atoms with E-state index in [0.29, 0.717) is 12.8 Å². The Morgan fingerprint density at radius 3 is 2.81 bits per heavy atom. The summed E-state index contributed by atoms with van der Waals surface area (Å²) < 4.78 is 10.6. The van der Waals surface area contributed by atoms with Crippen molar-refractivity contribution in [1.29, 1.82) is 0 Å². The minimum atomic E-state index is -0.925. The lowest BCUT2D eigenvalue weighted by molar-refractivity contribution is -0.144. The topological polar surface area (TPSA) is 67.8 Å². The van der Waals surface area contributed by atoms with Gasteiger partial charge in [0.25, 0.3) is 0 Å². The highest BCUT2D eigenvalue weighted by Gasteiger charge is 2.33. The Balaban J connectivity index is 2.03. The molecule has 1 aliphatic rings. The molecule has 2 N–H and O–H groups in total. The molecule has 2 unspecified atom stereocenters. The third-order valence-corrected chi connectivity index (χ3v) is 4.00. The molecular formula is C16H23NO4. The van der Waals surface area contributed by atoms with Crippen molar-refractivity contribution in [3.63, 3.8) is 0 Å². The normalized spacial score (nSPS) is 17.3. The van der Waals surface area contributed by atoms with Gasteiger partial charge in [0.2, 0.25) is 6.79 Å². The number of hydrogen-bond acceptors (Lipinski definition) is 4. The number of ether oxygens (including phenoxy) is 2. The molecule has 1 aliphatic heterocycles. The third kappa shape index (κ3) is 3.67. The van der Waals surface area contributed by atoms with Crippen LogP contribution >= 0.6 is 0 Å². The van der Waals surface area contributed by atoms with Gasteiger partial charge >= 0.3 is 5.97 Å². The molecule has 0 aliphatic carbocycles. The van der Waals surface area contributed by atoms with E-state index in [1.54, 1.807) is 6.92 Å². The van der Waals surface area contributed by atoms with Crippen LogP contribution in [-0.2, 0) is 11.2 Å². The van der Waals surface area contributed by atoms with Crippen LogP contribution < -0.4 is 14.8 Å². The van der Waals surface area contributed by atoms with E-state index in [1.807, 2.05) is 32.0 Å². The number of hydrogen-bond donors (Lipinski definition) is 2. The zero-order valence-electron chi connectivity index (χ0n) is 12.8. The molecule has 0 spiro atoms. The molecule has 2 rings (SSSR count). The molecule has 1 aromatic rings. The van der Waals surface area contributed by atoms with Crippen molar-refractivity contribution in [2.24, 2.45) is 0 Å². The summed E-state index contributed by atoms with van der Waals surface area (Å²) in [7, 11) is 0. The number of fused-ring (bicyclic) bond motifs is 1. The van der Waals surface area contributed by atoms with E-state index in [9.17, 15) is 9.90 Å². The van der Waals surface area contributed by atoms with Crippen LogP contribution in [0, 0.1) is 0 Å². The van der Waals surface area contributed by atoms with E-state index in [2.05, 4.69) is 5.32 Å². The highest BCUT2D eigenvalue weighted by Crippen LogP contribution is 2.33. The molecule has 2 atom stereocenters. The number of aliphatic carboxylic acids is 1. The lowest BCUT2D eigenvalue weighted by Gasteiger charge is -2.29. The zero-order valence-corrected chi connectivity index (χ0v) is 12.8. The summed E-state index contributed by atoms with van der Waals surface area (Å²) in [5.74, 6) is 0.667. The molecule has 5 nitrogen and oxygen atoms in total. The molecule has 0 saturated carbocycles. The molecule has 0 bridgehead atoms. The van der Waals surface area contributed by atoms with Crippen molar-refractivity contribution in [2.75, 3.05) is 6.79 Å². The van der Waals surface area contributed by atoms with Crippen molar-refractivity contribution >= 4 is 5.97 Å². The van der Waals surface area contributed by atoms with Crippen LogP contribution in [0.3, 0.4) is 0 Å². The Morgan fingerprint density at radius 2 is 2.14 bits per heavy atom. The highest BCUT2D eigenvalue weighted by molar-refractivity contribution is 5.78. The van der Waals surface area contributed by atoms with Crippen molar-refractivity contribution in [1.82, 2.24) is 5.32 Å². The van der Waals surface area contributed by atoms with Crippen LogP contribution in [0.15, 0.2) is 18.2 Å². The maximum Gasteiger partial charge on any atom is 0.323 e. The number of nitrogens with one attached hydrogen (secondary N) is 1. The first-order valence-electron chi connectivity index (χ1n) is 7.34. The summed E-state index contributed by atoms with van der Waals surface area (Å²) in [5.41, 5.74) is 0.129. The van der Waals surface area contributed by atoms with E-state index in [0.717, 1.165) is 23.5 Å². The van der Waals surface area contributed by atoms with Gasteiger partial charge in [0.1, 0.15) is 5.54 Å². The average molecular weight is 293 g/mol. The van der Waals surface area contributed by atoms with Crippen molar-refractivity contribution in [3.8, 4) is 11.5 Å². The first kappa shape index (κ1) is 15.6. The molecule has 1 heterocycles. The first-order chi connectivity index (χ1) is 9.94. The summed E-state index contributed by atoms with van der Waals surface area (Å²) in [6.07, 6.45) is 2.09. The predicted molar refractivity (Wildman–Crippen MR) is 79.8 cm³/mol. The average Bonchev–Trinajstić information content (AvgIpc) is 2.92. The maximum atomic E-state index is 11.6. The van der Waals surface area contributed by atoms with E-state index in [-0.39, 0.29) is 12.8 Å². The Labute approximate surface area is 125 Å². The molecule has 0 amide bonds. The molecule has 0 saturated heterocycles. The number of carbonyl (C=O) groups is 1. The van der Waals surface area contributed by atoms with Crippen LogP contribution in [0.2, 0.25) is 0 Å². The Bertz CT molecular complexity index is 517. The number of carboxylic acids is 1. The first-order valence-corrected chi connectivity index (χ1v) is 7.34. The van der Waals surface area contributed by atoms with Crippen LogP contribution in [0.1, 0.15) is 39.2 Å². The van der Waals surface area contributed by atoms with Crippen LogP contribution in [0.25, 0.3) is 0 Å². The molecule has 0 radical (unpaired) electrons. The van der Waals surface area contributed by atoms with Crippen LogP contribution in [0.5, 0.6) is 11.5 Å². The number of benzene rings is 1. The van der Waals surface area contributed by atoms with Crippen molar-refractivity contribution in [3.05, 3.63) is 23.8 Å². The van der Waals surface area contributed by atoms with Gasteiger partial charge in [-0.1, -0.05) is 13.0 Å². The molecule has 1 aromatic carbocycles. The summed E-state index contributed by atoms with van der Waals surface area (Å²) in [4.78, 5) is 11.6. The van der Waals surface area contributed by atoms with Gasteiger partial charge in [-0.15, -0.1) is 0 Å². The largest absolute Gasteiger partial charge is 0.480 e. The minimum Gasteiger partial charge on any atom is -0.480 e. The SMILES string of the molecule is CCC(C)NC(C)(CCc1ccc2c(c1)OCO2)C(=O)O. The van der Waals surface area contributed by atoms with Gasteiger partial charge in [0.15, 0.2) is 11.5 Å². The van der Waals surface area contributed by atoms with Gasteiger partial charge < -0.3 is 14.6 Å². The molecule has 5 heteroatoms. The summed E-state index contributed by atoms with van der Waals surface area (Å²) in [5, 5.41) is 12.7. The molecule has 21 heavy (non-hydrogen) atoms. The Morgan fingerprint density at radius 1 is 1.43 bits per heavy atom. The Hall–Kier alpha value is -1.75. The number of aryl methyl sites for hydroxylation is 1. The second kappa shape index (κ2) is 6.35. The third-order valence-electron chi connectivity index (χ3n) is 4.00. The highest BCUT2D eigenvalue weighted by atomic mass is 16.7. The summed E-state index contributed by atoms with van der Waals surface area (Å²) in [6.45, 7) is 6.04. The van der Waals surface area contributed by atoms with Gasteiger partial charge in [-0.3, -0.25) is 10.1 Å². The Kier molecular flexibility index (Phi) is 4.73. The lowest BCUT2D eigenvalue weighted by Crippen LogP contribution is -2.53. The fourth-order valence-electron chi connectivity index (χ4n) is 2.38. The van der Waals surface area contributed by atoms with E-state index < -0.39 is 11.5 Å². The second-order valence-corrected chi connectivity index (χ2v) is 5.78. The van der Waals surface area contributed by atoms with Gasteiger partial charge in [-0.25, -0.2) is 0 Å². The number of carboxylic acid groups (broad SMARTS) is 1. The number of rotatable bonds is 7. The van der Waals surface area contributed by atoms with Gasteiger partial charge in [0.05, 0.1) is 0 Å². The predicted octanol–water partition coefficient (Wildman–Crippen LogP) is 2.58. The molecular weight excluding hydrogens is 270 g/mol. The molecule has 0 aromatic heterocycles. The zero-order chi connectivity index (χ0) is 15.5. The fraction of sp³-hybridized carbons (Fsp3) is 0.562. The monoisotopic (exact) mass is 293 g/mol.